The van der Waals surface area contributed by atoms with E-state index in [2.05, 4.69) is 6.58 Å². The molecule has 0 aromatic rings. The highest BCUT2D eigenvalue weighted by Crippen LogP contribution is 2.69. The Morgan fingerprint density at radius 1 is 1.28 bits per heavy atom. The standard InChI is InChI=1S/C22H34O7/c1-8-11(2)9-14(25)22(27)20(6)13(24)10-15-19(4,5)17(20)16(26)18(28-12(3)23)21(22,7)29-15/h8,11,13,15-18,24,26-27H,1,9-10H2,2-7H3/t11-,13-,15?,16-,17+,18-,20+,21-,22-/m1/s1. The summed E-state index contributed by atoms with van der Waals surface area (Å²) in [5.41, 5.74) is -5.98. The van der Waals surface area contributed by atoms with Gasteiger partial charge in [-0.3, -0.25) is 9.59 Å². The lowest BCUT2D eigenvalue weighted by Gasteiger charge is -2.64. The topological polar surface area (TPSA) is 113 Å². The van der Waals surface area contributed by atoms with E-state index in [4.69, 9.17) is 9.47 Å². The third-order valence-electron chi connectivity index (χ3n) is 8.09. The predicted molar refractivity (Wildman–Crippen MR) is 105 cm³/mol. The fourth-order valence-electron chi connectivity index (χ4n) is 6.54. The molecule has 0 amide bonds. The van der Waals surface area contributed by atoms with Crippen molar-refractivity contribution in [1.29, 1.82) is 0 Å². The highest BCUT2D eigenvalue weighted by Gasteiger charge is 2.83. The number of aliphatic hydroxyl groups excluding tert-OH is 2. The average Bonchev–Trinajstić information content (AvgIpc) is 2.72. The van der Waals surface area contributed by atoms with Crippen LogP contribution in [0.3, 0.4) is 0 Å². The van der Waals surface area contributed by atoms with Gasteiger partial charge in [0, 0.05) is 31.1 Å². The maximum Gasteiger partial charge on any atom is 0.303 e. The Hall–Kier alpha value is -1.28. The number of carbonyl (C=O) groups excluding carboxylic acids is 2. The van der Waals surface area contributed by atoms with Gasteiger partial charge in [0.05, 0.1) is 18.3 Å². The van der Waals surface area contributed by atoms with Crippen LogP contribution in [-0.2, 0) is 19.1 Å². The third kappa shape index (κ3) is 2.57. The van der Waals surface area contributed by atoms with E-state index < -0.39 is 64.1 Å². The number of fused-ring (bicyclic) bond motifs is 2. The number of aliphatic hydroxyl groups is 3. The number of rotatable bonds is 5. The Morgan fingerprint density at radius 3 is 2.38 bits per heavy atom. The molecule has 2 saturated carbocycles. The molecule has 3 N–H and O–H groups in total. The lowest BCUT2D eigenvalue weighted by molar-refractivity contribution is -0.304. The highest BCUT2D eigenvalue weighted by molar-refractivity contribution is 5.91. The van der Waals surface area contributed by atoms with Crippen LogP contribution in [0.4, 0.5) is 0 Å². The van der Waals surface area contributed by atoms with Gasteiger partial charge < -0.3 is 24.8 Å². The van der Waals surface area contributed by atoms with Crippen LogP contribution in [0.1, 0.15) is 54.4 Å². The van der Waals surface area contributed by atoms with E-state index in [0.29, 0.717) is 0 Å². The van der Waals surface area contributed by atoms with Gasteiger partial charge >= 0.3 is 5.97 Å². The number of esters is 1. The second-order valence-electron chi connectivity index (χ2n) is 10.1. The van der Waals surface area contributed by atoms with Crippen molar-refractivity contribution in [2.45, 2.75) is 90.0 Å². The van der Waals surface area contributed by atoms with E-state index in [1.54, 1.807) is 13.0 Å². The van der Waals surface area contributed by atoms with E-state index in [9.17, 15) is 24.9 Å². The molecule has 5 fully saturated rings. The van der Waals surface area contributed by atoms with Crippen molar-refractivity contribution < 1.29 is 34.4 Å². The van der Waals surface area contributed by atoms with Crippen LogP contribution in [0, 0.1) is 22.7 Å². The Labute approximate surface area is 172 Å². The van der Waals surface area contributed by atoms with Gasteiger partial charge in [-0.2, -0.15) is 0 Å². The van der Waals surface area contributed by atoms with Gasteiger partial charge in [0.2, 0.25) is 0 Å². The number of Topliss-reactive ketones (excluding diaryl/α,β-unsaturated/α-hetero) is 1. The maximum atomic E-state index is 13.6. The highest BCUT2D eigenvalue weighted by atomic mass is 16.6. The van der Waals surface area contributed by atoms with E-state index in [-0.39, 0.29) is 18.8 Å². The summed E-state index contributed by atoms with van der Waals surface area (Å²) < 4.78 is 11.8. The predicted octanol–water partition coefficient (Wildman–Crippen LogP) is 1.38. The average molecular weight is 411 g/mol. The first-order valence-electron chi connectivity index (χ1n) is 10.3. The molecular weight excluding hydrogens is 376 g/mol. The number of carbonyl (C=O) groups is 2. The molecule has 9 atom stereocenters. The molecule has 0 aromatic heterocycles. The molecule has 5 rings (SSSR count). The summed E-state index contributed by atoms with van der Waals surface area (Å²) in [6.45, 7) is 13.7. The van der Waals surface area contributed by atoms with Crippen molar-refractivity contribution in [1.82, 2.24) is 0 Å². The summed E-state index contributed by atoms with van der Waals surface area (Å²) in [6, 6.07) is 0. The van der Waals surface area contributed by atoms with Crippen molar-refractivity contribution >= 4 is 11.8 Å². The van der Waals surface area contributed by atoms with Gasteiger partial charge in [-0.15, -0.1) is 6.58 Å². The Bertz CT molecular complexity index is 733. The van der Waals surface area contributed by atoms with Crippen molar-refractivity contribution in [3.05, 3.63) is 12.7 Å². The fourth-order valence-corrected chi connectivity index (χ4v) is 6.54. The van der Waals surface area contributed by atoms with Gasteiger partial charge in [0.15, 0.2) is 17.5 Å². The van der Waals surface area contributed by atoms with E-state index in [1.807, 2.05) is 20.8 Å². The SMILES string of the molecule is C=C[C@@H](C)CC(=O)[C@@]1(O)[C@@]2(C)[C@H](O)CC3O[C@]1(C)[C@H](OC(C)=O)[C@H](O)[C@H]2C3(C)C. The fraction of sp³-hybridized carbons (Fsp3) is 0.818. The van der Waals surface area contributed by atoms with Gasteiger partial charge in [0.1, 0.15) is 5.60 Å². The number of ether oxygens (including phenoxy) is 2. The summed E-state index contributed by atoms with van der Waals surface area (Å²) >= 11 is 0. The smallest absolute Gasteiger partial charge is 0.303 e. The molecule has 3 aliphatic heterocycles. The van der Waals surface area contributed by atoms with Gasteiger partial charge in [-0.05, 0) is 18.3 Å². The largest absolute Gasteiger partial charge is 0.457 e. The molecule has 3 heterocycles. The minimum absolute atomic E-state index is 0.0119. The van der Waals surface area contributed by atoms with Crippen LogP contribution in [0.15, 0.2) is 12.7 Å². The first kappa shape index (κ1) is 22.4. The molecular formula is C22H34O7. The zero-order valence-electron chi connectivity index (χ0n) is 18.1. The summed E-state index contributed by atoms with van der Waals surface area (Å²) in [7, 11) is 0. The molecule has 7 heteroatoms. The molecule has 4 bridgehead atoms. The summed E-state index contributed by atoms with van der Waals surface area (Å²) in [5, 5.41) is 34.7. The molecule has 29 heavy (non-hydrogen) atoms. The minimum Gasteiger partial charge on any atom is -0.457 e. The molecule has 0 radical (unpaired) electrons. The molecule has 7 nitrogen and oxygen atoms in total. The third-order valence-corrected chi connectivity index (χ3v) is 8.09. The number of allylic oxidation sites excluding steroid dienone is 1. The minimum atomic E-state index is -2.18. The maximum absolute atomic E-state index is 13.6. The Balaban J connectivity index is 2.30. The van der Waals surface area contributed by atoms with Crippen molar-refractivity contribution in [3.8, 4) is 0 Å². The second-order valence-corrected chi connectivity index (χ2v) is 10.1. The monoisotopic (exact) mass is 410 g/mol. The molecule has 1 unspecified atom stereocenters. The normalized spacial score (nSPS) is 48.7. The molecule has 0 spiro atoms. The summed E-state index contributed by atoms with van der Waals surface area (Å²) in [4.78, 5) is 25.5. The molecule has 5 aliphatic rings. The molecule has 2 aliphatic carbocycles. The first-order chi connectivity index (χ1) is 13.2. The Morgan fingerprint density at radius 2 is 1.86 bits per heavy atom. The van der Waals surface area contributed by atoms with Crippen LogP contribution in [0.25, 0.3) is 0 Å². The van der Waals surface area contributed by atoms with Crippen molar-refractivity contribution in [3.63, 3.8) is 0 Å². The molecule has 0 aromatic carbocycles. The Kier molecular flexibility index (Phi) is 5.11. The first-order valence-corrected chi connectivity index (χ1v) is 10.3. The van der Waals surface area contributed by atoms with Crippen LogP contribution in [0.2, 0.25) is 0 Å². The summed E-state index contributed by atoms with van der Waals surface area (Å²) in [5.74, 6) is -2.10. The molecule has 3 saturated heterocycles. The number of hydrogen-bond donors (Lipinski definition) is 3. The van der Waals surface area contributed by atoms with E-state index in [1.165, 1.54) is 13.8 Å². The van der Waals surface area contributed by atoms with Crippen LogP contribution in [-0.4, -0.2) is 62.7 Å². The van der Waals surface area contributed by atoms with Gasteiger partial charge in [0.25, 0.3) is 0 Å². The zero-order valence-corrected chi connectivity index (χ0v) is 18.1. The van der Waals surface area contributed by atoms with E-state index >= 15 is 0 Å². The van der Waals surface area contributed by atoms with Crippen LogP contribution >= 0.6 is 0 Å². The van der Waals surface area contributed by atoms with Crippen LogP contribution < -0.4 is 0 Å². The lowest BCUT2D eigenvalue weighted by Crippen LogP contribution is -2.81. The van der Waals surface area contributed by atoms with E-state index in [0.717, 1.165) is 0 Å². The quantitative estimate of drug-likeness (QED) is 0.463. The lowest BCUT2D eigenvalue weighted by atomic mass is 9.41. The van der Waals surface area contributed by atoms with Gasteiger partial charge in [-0.1, -0.05) is 33.8 Å². The number of ketones is 1. The summed E-state index contributed by atoms with van der Waals surface area (Å²) in [6.07, 6.45) is -2.25. The second kappa shape index (κ2) is 6.61. The number of hydrogen-bond acceptors (Lipinski definition) is 7. The zero-order chi connectivity index (χ0) is 22.2. The molecule has 164 valence electrons. The van der Waals surface area contributed by atoms with Gasteiger partial charge in [-0.25, -0.2) is 0 Å². The van der Waals surface area contributed by atoms with Crippen LogP contribution in [0.5, 0.6) is 0 Å². The van der Waals surface area contributed by atoms with Crippen molar-refractivity contribution in [2.75, 3.05) is 0 Å². The van der Waals surface area contributed by atoms with Crippen molar-refractivity contribution in [2.24, 2.45) is 22.7 Å².